The summed E-state index contributed by atoms with van der Waals surface area (Å²) in [5, 5.41) is 24.1. The van der Waals surface area contributed by atoms with Gasteiger partial charge in [0.1, 0.15) is 0 Å². The van der Waals surface area contributed by atoms with Gasteiger partial charge in [-0.25, -0.2) is 0 Å². The van der Waals surface area contributed by atoms with Crippen LogP contribution >= 0.6 is 69.7 Å². The van der Waals surface area contributed by atoms with Gasteiger partial charge in [0.25, 0.3) is 5.91 Å². The van der Waals surface area contributed by atoms with Crippen molar-refractivity contribution in [3.05, 3.63) is 68.9 Å². The first-order valence-corrected chi connectivity index (χ1v) is 14.6. The highest BCUT2D eigenvalue weighted by molar-refractivity contribution is 8.01. The lowest BCUT2D eigenvalue weighted by molar-refractivity contribution is -0.113. The Morgan fingerprint density at radius 3 is 2.57 bits per heavy atom. The number of rotatable bonds is 10. The normalized spacial score (nSPS) is 10.9. The van der Waals surface area contributed by atoms with Crippen LogP contribution in [0.15, 0.2) is 52.0 Å². The molecule has 0 aliphatic rings. The summed E-state index contributed by atoms with van der Waals surface area (Å²) in [7, 11) is 0. The first-order valence-electron chi connectivity index (χ1n) is 10.7. The van der Waals surface area contributed by atoms with Gasteiger partial charge >= 0.3 is 0 Å². The van der Waals surface area contributed by atoms with Gasteiger partial charge in [0.15, 0.2) is 15.3 Å². The second kappa shape index (κ2) is 12.9. The van der Waals surface area contributed by atoms with Crippen molar-refractivity contribution in [2.24, 2.45) is 0 Å². The van der Waals surface area contributed by atoms with E-state index in [1.165, 1.54) is 29.2 Å². The molecule has 15 heteroatoms. The van der Waals surface area contributed by atoms with Crippen LogP contribution in [0, 0.1) is 0 Å². The van der Waals surface area contributed by atoms with E-state index in [1.54, 1.807) is 46.7 Å². The van der Waals surface area contributed by atoms with Crippen molar-refractivity contribution in [1.29, 1.82) is 0 Å². The van der Waals surface area contributed by atoms with E-state index < -0.39 is 5.91 Å². The molecule has 0 bridgehead atoms. The van der Waals surface area contributed by atoms with Crippen molar-refractivity contribution >= 4 is 86.6 Å². The number of amides is 2. The molecule has 192 valence electrons. The first kappa shape index (κ1) is 27.7. The zero-order chi connectivity index (χ0) is 26.4. The molecule has 0 aliphatic heterocycles. The molecule has 0 spiro atoms. The Kier molecular flexibility index (Phi) is 9.68. The maximum atomic E-state index is 12.7. The molecule has 2 heterocycles. The van der Waals surface area contributed by atoms with Crippen LogP contribution in [-0.4, -0.2) is 48.3 Å². The summed E-state index contributed by atoms with van der Waals surface area (Å²) in [6, 6.07) is 11.7. The standard InChI is InChI=1S/C22H18Cl3N7O2S3/c1-2-35-22-31-29-20(37-22)27-18(33)11-36-21-30-28-17(32(21)14-5-3-4-12(23)8-14)10-26-19(34)15-7-6-13(24)9-16(15)25/h3-9H,2,10-11H2,1H3,(H,26,34)(H,27,29,33). The van der Waals surface area contributed by atoms with Crippen LogP contribution in [0.3, 0.4) is 0 Å². The fourth-order valence-electron chi connectivity index (χ4n) is 3.04. The largest absolute Gasteiger partial charge is 0.345 e. The van der Waals surface area contributed by atoms with Gasteiger partial charge in [-0.1, -0.05) is 82.7 Å². The summed E-state index contributed by atoms with van der Waals surface area (Å²) in [4.78, 5) is 25.2. The van der Waals surface area contributed by atoms with Crippen LogP contribution in [0.25, 0.3) is 5.69 Å². The molecule has 0 saturated heterocycles. The molecule has 2 aromatic carbocycles. The van der Waals surface area contributed by atoms with Crippen LogP contribution in [0.2, 0.25) is 15.1 Å². The molecule has 2 amide bonds. The average Bonchev–Trinajstić information content (AvgIpc) is 3.48. The predicted octanol–water partition coefficient (Wildman–Crippen LogP) is 5.85. The molecule has 4 aromatic rings. The molecule has 2 aromatic heterocycles. The van der Waals surface area contributed by atoms with E-state index in [0.717, 1.165) is 10.1 Å². The van der Waals surface area contributed by atoms with Gasteiger partial charge in [0.2, 0.25) is 11.0 Å². The number of hydrogen-bond donors (Lipinski definition) is 2. The van der Waals surface area contributed by atoms with E-state index in [-0.39, 0.29) is 28.8 Å². The van der Waals surface area contributed by atoms with E-state index in [4.69, 9.17) is 34.8 Å². The molecule has 0 fully saturated rings. The molecular weight excluding hydrogens is 597 g/mol. The Hall–Kier alpha value is -2.35. The van der Waals surface area contributed by atoms with Crippen LogP contribution in [-0.2, 0) is 11.3 Å². The van der Waals surface area contributed by atoms with Gasteiger partial charge in [-0.15, -0.1) is 20.4 Å². The van der Waals surface area contributed by atoms with E-state index in [2.05, 4.69) is 31.0 Å². The molecule has 0 atom stereocenters. The SMILES string of the molecule is CCSc1nnc(NC(=O)CSc2nnc(CNC(=O)c3ccc(Cl)cc3Cl)n2-c2cccc(Cl)c2)s1. The lowest BCUT2D eigenvalue weighted by Gasteiger charge is -2.12. The zero-order valence-corrected chi connectivity index (χ0v) is 23.8. The number of thioether (sulfide) groups is 2. The number of carbonyl (C=O) groups excluding carboxylic acids is 2. The number of nitrogens with one attached hydrogen (secondary N) is 2. The molecule has 0 unspecified atom stereocenters. The number of anilines is 1. The van der Waals surface area contributed by atoms with Gasteiger partial charge in [0.05, 0.1) is 28.6 Å². The third-order valence-electron chi connectivity index (χ3n) is 4.60. The highest BCUT2D eigenvalue weighted by Crippen LogP contribution is 2.27. The van der Waals surface area contributed by atoms with E-state index >= 15 is 0 Å². The summed E-state index contributed by atoms with van der Waals surface area (Å²) >= 11 is 22.4. The Balaban J connectivity index is 1.49. The van der Waals surface area contributed by atoms with Gasteiger partial charge < -0.3 is 5.32 Å². The maximum Gasteiger partial charge on any atom is 0.253 e. The summed E-state index contributed by atoms with van der Waals surface area (Å²) in [5.41, 5.74) is 0.961. The molecular formula is C22H18Cl3N7O2S3. The minimum absolute atomic E-state index is 0.0483. The first-order chi connectivity index (χ1) is 17.8. The average molecular weight is 615 g/mol. The smallest absolute Gasteiger partial charge is 0.253 e. The van der Waals surface area contributed by atoms with Crippen LogP contribution < -0.4 is 10.6 Å². The fraction of sp³-hybridized carbons (Fsp3) is 0.182. The summed E-state index contributed by atoms with van der Waals surface area (Å²) in [6.07, 6.45) is 0. The second-order valence-corrected chi connectivity index (χ2v) is 11.9. The number of carbonyl (C=O) groups is 2. The monoisotopic (exact) mass is 613 g/mol. The molecule has 0 radical (unpaired) electrons. The number of halogens is 3. The Morgan fingerprint density at radius 2 is 1.81 bits per heavy atom. The lowest BCUT2D eigenvalue weighted by atomic mass is 10.2. The van der Waals surface area contributed by atoms with Crippen molar-refractivity contribution in [3.8, 4) is 5.69 Å². The van der Waals surface area contributed by atoms with Gasteiger partial charge in [-0.3, -0.25) is 19.5 Å². The lowest BCUT2D eigenvalue weighted by Crippen LogP contribution is -2.25. The summed E-state index contributed by atoms with van der Waals surface area (Å²) in [5.74, 6) is 0.707. The second-order valence-electron chi connectivity index (χ2n) is 7.16. The third-order valence-corrected chi connectivity index (χ3v) is 8.17. The quantitative estimate of drug-likeness (QED) is 0.169. The van der Waals surface area contributed by atoms with Gasteiger partial charge in [-0.05, 0) is 42.2 Å². The number of benzene rings is 2. The number of nitrogens with zero attached hydrogens (tertiary/aromatic N) is 5. The molecule has 0 saturated carbocycles. The Labute approximate surface area is 239 Å². The maximum absolute atomic E-state index is 12.7. The minimum atomic E-state index is -0.395. The Morgan fingerprint density at radius 1 is 1.00 bits per heavy atom. The number of hydrogen-bond acceptors (Lipinski definition) is 9. The topological polar surface area (TPSA) is 115 Å². The Bertz CT molecular complexity index is 1430. The van der Waals surface area contributed by atoms with Crippen molar-refractivity contribution in [3.63, 3.8) is 0 Å². The highest BCUT2D eigenvalue weighted by Gasteiger charge is 2.19. The van der Waals surface area contributed by atoms with E-state index in [0.29, 0.717) is 31.8 Å². The summed E-state index contributed by atoms with van der Waals surface area (Å²) in [6.45, 7) is 2.07. The molecule has 9 nitrogen and oxygen atoms in total. The molecule has 4 rings (SSSR count). The van der Waals surface area contributed by atoms with E-state index in [9.17, 15) is 9.59 Å². The van der Waals surface area contributed by atoms with Crippen molar-refractivity contribution in [1.82, 2.24) is 30.3 Å². The molecule has 37 heavy (non-hydrogen) atoms. The van der Waals surface area contributed by atoms with Gasteiger partial charge in [0, 0.05) is 10.0 Å². The third kappa shape index (κ3) is 7.37. The van der Waals surface area contributed by atoms with Crippen molar-refractivity contribution in [2.45, 2.75) is 23.0 Å². The highest BCUT2D eigenvalue weighted by atomic mass is 35.5. The van der Waals surface area contributed by atoms with Crippen LogP contribution in [0.5, 0.6) is 0 Å². The zero-order valence-electron chi connectivity index (χ0n) is 19.1. The van der Waals surface area contributed by atoms with Crippen LogP contribution in [0.1, 0.15) is 23.1 Å². The fourth-order valence-corrected chi connectivity index (χ4v) is 6.15. The molecule has 2 N–H and O–H groups in total. The minimum Gasteiger partial charge on any atom is -0.345 e. The molecule has 0 aliphatic carbocycles. The predicted molar refractivity (Wildman–Crippen MR) is 150 cm³/mol. The van der Waals surface area contributed by atoms with E-state index in [1.807, 2.05) is 13.0 Å². The number of aromatic nitrogens is 5. The van der Waals surface area contributed by atoms with Crippen LogP contribution in [0.4, 0.5) is 5.13 Å². The van der Waals surface area contributed by atoms with Crippen molar-refractivity contribution in [2.75, 3.05) is 16.8 Å². The summed E-state index contributed by atoms with van der Waals surface area (Å²) < 4.78 is 2.52. The van der Waals surface area contributed by atoms with Crippen molar-refractivity contribution < 1.29 is 9.59 Å². The van der Waals surface area contributed by atoms with Gasteiger partial charge in [-0.2, -0.15) is 0 Å².